The number of carbonyl (C=O) groups is 1. The van der Waals surface area contributed by atoms with Gasteiger partial charge in [-0.3, -0.25) is 14.8 Å². The first-order valence-electron chi connectivity index (χ1n) is 8.46. The number of hydrogen-bond acceptors (Lipinski definition) is 4. The number of rotatable bonds is 5. The molecular formula is C18H22N4O2. The molecule has 1 saturated heterocycles. The van der Waals surface area contributed by atoms with Gasteiger partial charge in [-0.25, -0.2) is 0 Å². The molecule has 4 rings (SSSR count). The predicted molar refractivity (Wildman–Crippen MR) is 89.9 cm³/mol. The Morgan fingerprint density at radius 2 is 2.21 bits per heavy atom. The zero-order valence-corrected chi connectivity index (χ0v) is 13.7. The van der Waals surface area contributed by atoms with Gasteiger partial charge in [0.15, 0.2) is 0 Å². The highest BCUT2D eigenvalue weighted by molar-refractivity contribution is 5.92. The molecule has 2 N–H and O–H groups in total. The number of amides is 1. The molecule has 1 saturated carbocycles. The lowest BCUT2D eigenvalue weighted by Gasteiger charge is -2.29. The molecule has 0 spiro atoms. The first kappa shape index (κ1) is 15.2. The number of nitrogens with zero attached hydrogens (tertiary/aromatic N) is 2. The molecule has 0 bridgehead atoms. The standard InChI is InChI=1S/C18H22N4O2/c1-24-14-4-2-3-12(11-14)17-15(8-10-22(17)13-5-6-13)20-18(23)16-7-9-19-21-16/h2-4,7,9,11,13,15,17H,5-6,8,10H2,1H3,(H,19,21)(H,20,23)/t15-,17-/m0/s1. The van der Waals surface area contributed by atoms with Gasteiger partial charge in [-0.2, -0.15) is 5.10 Å². The van der Waals surface area contributed by atoms with Crippen LogP contribution in [0.4, 0.5) is 0 Å². The van der Waals surface area contributed by atoms with E-state index in [-0.39, 0.29) is 18.0 Å². The van der Waals surface area contributed by atoms with E-state index in [0.29, 0.717) is 11.7 Å². The summed E-state index contributed by atoms with van der Waals surface area (Å²) < 4.78 is 5.38. The highest BCUT2D eigenvalue weighted by atomic mass is 16.5. The van der Waals surface area contributed by atoms with Crippen LogP contribution in [-0.4, -0.2) is 46.7 Å². The number of carbonyl (C=O) groups excluding carboxylic acids is 1. The van der Waals surface area contributed by atoms with Crippen LogP contribution in [0.15, 0.2) is 36.5 Å². The maximum absolute atomic E-state index is 12.4. The fourth-order valence-electron chi connectivity index (χ4n) is 3.66. The zero-order chi connectivity index (χ0) is 16.5. The number of aromatic nitrogens is 2. The molecule has 1 amide bonds. The van der Waals surface area contributed by atoms with E-state index < -0.39 is 0 Å². The highest BCUT2D eigenvalue weighted by Gasteiger charge is 2.43. The number of ether oxygens (including phenoxy) is 1. The second kappa shape index (κ2) is 6.28. The predicted octanol–water partition coefficient (Wildman–Crippen LogP) is 2.13. The number of likely N-dealkylation sites (tertiary alicyclic amines) is 1. The van der Waals surface area contributed by atoms with Gasteiger partial charge in [0, 0.05) is 18.8 Å². The van der Waals surface area contributed by atoms with Crippen LogP contribution in [0.25, 0.3) is 0 Å². The molecule has 0 unspecified atom stereocenters. The van der Waals surface area contributed by atoms with E-state index in [1.54, 1.807) is 19.4 Å². The number of methoxy groups -OCH3 is 1. The fourth-order valence-corrected chi connectivity index (χ4v) is 3.66. The zero-order valence-electron chi connectivity index (χ0n) is 13.7. The van der Waals surface area contributed by atoms with Gasteiger partial charge in [0.1, 0.15) is 11.4 Å². The second-order valence-corrected chi connectivity index (χ2v) is 6.53. The van der Waals surface area contributed by atoms with Crippen LogP contribution in [0.5, 0.6) is 5.75 Å². The van der Waals surface area contributed by atoms with Gasteiger partial charge in [-0.1, -0.05) is 12.1 Å². The number of H-pyrrole nitrogens is 1. The topological polar surface area (TPSA) is 70.2 Å². The summed E-state index contributed by atoms with van der Waals surface area (Å²) in [5.74, 6) is 0.761. The molecule has 2 atom stereocenters. The van der Waals surface area contributed by atoms with E-state index in [1.807, 2.05) is 12.1 Å². The van der Waals surface area contributed by atoms with Crippen LogP contribution in [0.1, 0.15) is 41.4 Å². The highest BCUT2D eigenvalue weighted by Crippen LogP contribution is 2.41. The third-order valence-electron chi connectivity index (χ3n) is 4.95. The Morgan fingerprint density at radius 3 is 2.92 bits per heavy atom. The molecule has 1 aromatic carbocycles. The molecule has 24 heavy (non-hydrogen) atoms. The Balaban J connectivity index is 1.59. The van der Waals surface area contributed by atoms with Crippen LogP contribution in [-0.2, 0) is 0 Å². The normalized spacial score (nSPS) is 24.0. The molecule has 2 fully saturated rings. The summed E-state index contributed by atoms with van der Waals surface area (Å²) in [6, 6.07) is 10.8. The number of aromatic amines is 1. The first-order chi connectivity index (χ1) is 11.8. The van der Waals surface area contributed by atoms with E-state index in [4.69, 9.17) is 4.74 Å². The van der Waals surface area contributed by atoms with E-state index >= 15 is 0 Å². The quantitative estimate of drug-likeness (QED) is 0.883. The van der Waals surface area contributed by atoms with Crippen molar-refractivity contribution >= 4 is 5.91 Å². The number of nitrogens with one attached hydrogen (secondary N) is 2. The van der Waals surface area contributed by atoms with Crippen molar-refractivity contribution in [2.24, 2.45) is 0 Å². The average Bonchev–Trinajstić information content (AvgIpc) is 3.14. The van der Waals surface area contributed by atoms with Crippen molar-refractivity contribution in [2.45, 2.75) is 37.4 Å². The largest absolute Gasteiger partial charge is 0.497 e. The third-order valence-corrected chi connectivity index (χ3v) is 4.95. The van der Waals surface area contributed by atoms with Crippen molar-refractivity contribution in [2.75, 3.05) is 13.7 Å². The number of benzene rings is 1. The smallest absolute Gasteiger partial charge is 0.269 e. The molecule has 1 aliphatic heterocycles. The second-order valence-electron chi connectivity index (χ2n) is 6.53. The SMILES string of the molecule is COc1cccc([C@H]2[C@@H](NC(=O)c3ccn[nH]3)CCN2C2CC2)c1. The minimum absolute atomic E-state index is 0.0912. The van der Waals surface area contributed by atoms with Gasteiger partial charge >= 0.3 is 0 Å². The minimum Gasteiger partial charge on any atom is -0.497 e. The summed E-state index contributed by atoms with van der Waals surface area (Å²) in [5.41, 5.74) is 1.71. The van der Waals surface area contributed by atoms with E-state index in [2.05, 4.69) is 32.5 Å². The van der Waals surface area contributed by atoms with Crippen LogP contribution in [0.2, 0.25) is 0 Å². The minimum atomic E-state index is -0.0944. The molecule has 6 nitrogen and oxygen atoms in total. The van der Waals surface area contributed by atoms with Crippen molar-refractivity contribution in [3.8, 4) is 5.75 Å². The Labute approximate surface area is 141 Å². The first-order valence-corrected chi connectivity index (χ1v) is 8.46. The summed E-state index contributed by atoms with van der Waals surface area (Å²) in [6.45, 7) is 1.01. The Hall–Kier alpha value is -2.34. The van der Waals surface area contributed by atoms with Crippen molar-refractivity contribution in [3.63, 3.8) is 0 Å². The Morgan fingerprint density at radius 1 is 1.33 bits per heavy atom. The molecule has 0 radical (unpaired) electrons. The van der Waals surface area contributed by atoms with Gasteiger partial charge in [-0.05, 0) is 43.0 Å². The monoisotopic (exact) mass is 326 g/mol. The molecule has 1 aliphatic carbocycles. The van der Waals surface area contributed by atoms with Gasteiger partial charge < -0.3 is 10.1 Å². The van der Waals surface area contributed by atoms with Crippen LogP contribution < -0.4 is 10.1 Å². The van der Waals surface area contributed by atoms with Crippen molar-refractivity contribution in [1.29, 1.82) is 0 Å². The molecule has 1 aromatic heterocycles. The van der Waals surface area contributed by atoms with Crippen LogP contribution in [0.3, 0.4) is 0 Å². The van der Waals surface area contributed by atoms with E-state index in [9.17, 15) is 4.79 Å². The Kier molecular flexibility index (Phi) is 3.98. The fraction of sp³-hybridized carbons (Fsp3) is 0.444. The molecule has 6 heteroatoms. The summed E-state index contributed by atoms with van der Waals surface area (Å²) in [5, 5.41) is 9.78. The third kappa shape index (κ3) is 2.89. The summed E-state index contributed by atoms with van der Waals surface area (Å²) in [4.78, 5) is 15.0. The van der Waals surface area contributed by atoms with Crippen LogP contribution in [0, 0.1) is 0 Å². The average molecular weight is 326 g/mol. The van der Waals surface area contributed by atoms with E-state index in [1.165, 1.54) is 18.4 Å². The summed E-state index contributed by atoms with van der Waals surface area (Å²) in [6.07, 6.45) is 5.06. The molecule has 126 valence electrons. The Bertz CT molecular complexity index is 712. The van der Waals surface area contributed by atoms with Gasteiger partial charge in [-0.15, -0.1) is 0 Å². The summed E-state index contributed by atoms with van der Waals surface area (Å²) >= 11 is 0. The van der Waals surface area contributed by atoms with Gasteiger partial charge in [0.05, 0.1) is 19.2 Å². The van der Waals surface area contributed by atoms with E-state index in [0.717, 1.165) is 18.7 Å². The molecular weight excluding hydrogens is 304 g/mol. The molecule has 2 aromatic rings. The lowest BCUT2D eigenvalue weighted by atomic mass is 9.99. The molecule has 2 heterocycles. The van der Waals surface area contributed by atoms with Crippen molar-refractivity contribution in [1.82, 2.24) is 20.4 Å². The number of hydrogen-bond donors (Lipinski definition) is 2. The van der Waals surface area contributed by atoms with Gasteiger partial charge in [0.2, 0.25) is 0 Å². The maximum Gasteiger partial charge on any atom is 0.269 e. The van der Waals surface area contributed by atoms with Crippen LogP contribution >= 0.6 is 0 Å². The lowest BCUT2D eigenvalue weighted by Crippen LogP contribution is -2.40. The van der Waals surface area contributed by atoms with Gasteiger partial charge in [0.25, 0.3) is 5.91 Å². The lowest BCUT2D eigenvalue weighted by molar-refractivity contribution is 0.0918. The summed E-state index contributed by atoms with van der Waals surface area (Å²) in [7, 11) is 1.68. The molecule has 2 aliphatic rings. The van der Waals surface area contributed by atoms with Crippen molar-refractivity contribution in [3.05, 3.63) is 47.8 Å². The maximum atomic E-state index is 12.4. The van der Waals surface area contributed by atoms with Crippen molar-refractivity contribution < 1.29 is 9.53 Å².